The van der Waals surface area contributed by atoms with Crippen LogP contribution in [-0.4, -0.2) is 9.97 Å². The number of pyridine rings is 2. The number of hydrogen-bond donors (Lipinski definition) is 1. The van der Waals surface area contributed by atoms with Gasteiger partial charge in [0.2, 0.25) is 0 Å². The minimum absolute atomic E-state index is 0.754. The summed E-state index contributed by atoms with van der Waals surface area (Å²) < 4.78 is 0.974. The number of aryl methyl sites for hydroxylation is 1. The number of rotatable bonds is 3. The molecule has 0 saturated carbocycles. The summed E-state index contributed by atoms with van der Waals surface area (Å²) in [6.07, 6.45) is 5.44. The molecule has 0 spiro atoms. The molecule has 2 aromatic heterocycles. The van der Waals surface area contributed by atoms with Gasteiger partial charge in [0.25, 0.3) is 0 Å². The Labute approximate surface area is 103 Å². The molecule has 0 unspecified atom stereocenters. The number of hydrogen-bond acceptors (Lipinski definition) is 3. The predicted molar refractivity (Wildman–Crippen MR) is 68.2 cm³/mol. The average Bonchev–Trinajstić information content (AvgIpc) is 2.30. The SMILES string of the molecule is Cc1cnccc1CNc1ncccc1Br. The minimum Gasteiger partial charge on any atom is -0.365 e. The van der Waals surface area contributed by atoms with Gasteiger partial charge in [0, 0.05) is 25.1 Å². The number of nitrogens with zero attached hydrogens (tertiary/aromatic N) is 2. The second-order valence-corrected chi connectivity index (χ2v) is 4.34. The number of anilines is 1. The first-order valence-corrected chi connectivity index (χ1v) is 5.80. The standard InChI is InChI=1S/C12H12BrN3/c1-9-7-14-6-4-10(9)8-16-12-11(13)3-2-5-15-12/h2-7H,8H2,1H3,(H,15,16). The number of aromatic nitrogens is 2. The third-order valence-corrected chi connectivity index (χ3v) is 2.98. The van der Waals surface area contributed by atoms with Crippen molar-refractivity contribution in [3.63, 3.8) is 0 Å². The summed E-state index contributed by atoms with van der Waals surface area (Å²) in [6.45, 7) is 2.81. The molecule has 2 heterocycles. The molecule has 0 aliphatic rings. The van der Waals surface area contributed by atoms with Crippen molar-refractivity contribution < 1.29 is 0 Å². The Hall–Kier alpha value is -1.42. The quantitative estimate of drug-likeness (QED) is 0.937. The molecule has 0 bridgehead atoms. The summed E-state index contributed by atoms with van der Waals surface area (Å²) in [6, 6.07) is 5.88. The zero-order valence-corrected chi connectivity index (χ0v) is 10.5. The minimum atomic E-state index is 0.754. The van der Waals surface area contributed by atoms with Crippen molar-refractivity contribution in [1.29, 1.82) is 0 Å². The molecule has 16 heavy (non-hydrogen) atoms. The van der Waals surface area contributed by atoms with Crippen LogP contribution in [0.1, 0.15) is 11.1 Å². The van der Waals surface area contributed by atoms with E-state index < -0.39 is 0 Å². The molecule has 3 nitrogen and oxygen atoms in total. The van der Waals surface area contributed by atoms with E-state index in [1.807, 2.05) is 24.4 Å². The average molecular weight is 278 g/mol. The topological polar surface area (TPSA) is 37.8 Å². The summed E-state index contributed by atoms with van der Waals surface area (Å²) >= 11 is 3.45. The highest BCUT2D eigenvalue weighted by Gasteiger charge is 2.01. The molecule has 0 fully saturated rings. The number of halogens is 1. The maximum Gasteiger partial charge on any atom is 0.140 e. The van der Waals surface area contributed by atoms with Gasteiger partial charge in [0.1, 0.15) is 5.82 Å². The maximum absolute atomic E-state index is 4.25. The molecule has 0 aromatic carbocycles. The molecule has 0 aliphatic carbocycles. The monoisotopic (exact) mass is 277 g/mol. The molecule has 82 valence electrons. The van der Waals surface area contributed by atoms with E-state index in [1.54, 1.807) is 12.4 Å². The molecule has 0 aliphatic heterocycles. The Morgan fingerprint density at radius 3 is 2.94 bits per heavy atom. The highest BCUT2D eigenvalue weighted by atomic mass is 79.9. The number of nitrogens with one attached hydrogen (secondary N) is 1. The smallest absolute Gasteiger partial charge is 0.140 e. The van der Waals surface area contributed by atoms with E-state index in [-0.39, 0.29) is 0 Å². The van der Waals surface area contributed by atoms with E-state index in [4.69, 9.17) is 0 Å². The summed E-state index contributed by atoms with van der Waals surface area (Å²) in [5.74, 6) is 0.860. The van der Waals surface area contributed by atoms with Gasteiger partial charge >= 0.3 is 0 Å². The van der Waals surface area contributed by atoms with Gasteiger partial charge in [-0.1, -0.05) is 0 Å². The maximum atomic E-state index is 4.25. The second kappa shape index (κ2) is 5.07. The van der Waals surface area contributed by atoms with E-state index in [0.717, 1.165) is 16.8 Å². The van der Waals surface area contributed by atoms with Crippen LogP contribution >= 0.6 is 15.9 Å². The van der Waals surface area contributed by atoms with Crippen LogP contribution in [0.15, 0.2) is 41.3 Å². The lowest BCUT2D eigenvalue weighted by Gasteiger charge is -2.08. The molecule has 2 aromatic rings. The van der Waals surface area contributed by atoms with Crippen molar-refractivity contribution in [1.82, 2.24) is 9.97 Å². The first-order chi connectivity index (χ1) is 7.77. The molecular weight excluding hydrogens is 266 g/mol. The fraction of sp³-hybridized carbons (Fsp3) is 0.167. The molecule has 0 atom stereocenters. The molecule has 4 heteroatoms. The van der Waals surface area contributed by atoms with Gasteiger partial charge in [-0.05, 0) is 52.2 Å². The van der Waals surface area contributed by atoms with E-state index >= 15 is 0 Å². The molecular formula is C12H12BrN3. The summed E-state index contributed by atoms with van der Waals surface area (Å²) in [4.78, 5) is 8.31. The van der Waals surface area contributed by atoms with Crippen molar-refractivity contribution in [2.45, 2.75) is 13.5 Å². The van der Waals surface area contributed by atoms with Gasteiger partial charge < -0.3 is 5.32 Å². The summed E-state index contributed by atoms with van der Waals surface area (Å²) in [7, 11) is 0. The lowest BCUT2D eigenvalue weighted by Crippen LogP contribution is -2.03. The molecule has 0 amide bonds. The van der Waals surface area contributed by atoms with Crippen LogP contribution in [0.25, 0.3) is 0 Å². The predicted octanol–water partition coefficient (Wildman–Crippen LogP) is 3.16. The first kappa shape index (κ1) is 11.1. The Balaban J connectivity index is 2.09. The van der Waals surface area contributed by atoms with Gasteiger partial charge in [-0.25, -0.2) is 4.98 Å². The van der Waals surface area contributed by atoms with Crippen LogP contribution in [0.4, 0.5) is 5.82 Å². The second-order valence-electron chi connectivity index (χ2n) is 3.49. The van der Waals surface area contributed by atoms with Crippen molar-refractivity contribution in [3.8, 4) is 0 Å². The third kappa shape index (κ3) is 2.58. The molecule has 2 rings (SSSR count). The van der Waals surface area contributed by atoms with Gasteiger partial charge in [-0.15, -0.1) is 0 Å². The summed E-state index contributed by atoms with van der Waals surface area (Å²) in [5, 5.41) is 3.28. The fourth-order valence-corrected chi connectivity index (χ4v) is 1.79. The zero-order chi connectivity index (χ0) is 11.4. The van der Waals surface area contributed by atoms with Crippen molar-refractivity contribution in [3.05, 3.63) is 52.4 Å². The van der Waals surface area contributed by atoms with Crippen LogP contribution in [0.5, 0.6) is 0 Å². The van der Waals surface area contributed by atoms with Crippen molar-refractivity contribution in [2.24, 2.45) is 0 Å². The third-order valence-electron chi connectivity index (χ3n) is 2.34. The largest absolute Gasteiger partial charge is 0.365 e. The van der Waals surface area contributed by atoms with Gasteiger partial charge in [-0.2, -0.15) is 0 Å². The van der Waals surface area contributed by atoms with E-state index in [1.165, 1.54) is 11.1 Å². The van der Waals surface area contributed by atoms with Gasteiger partial charge in [-0.3, -0.25) is 4.98 Å². The fourth-order valence-electron chi connectivity index (χ4n) is 1.40. The van der Waals surface area contributed by atoms with E-state index in [0.29, 0.717) is 0 Å². The Morgan fingerprint density at radius 1 is 1.31 bits per heavy atom. The van der Waals surface area contributed by atoms with Crippen LogP contribution in [0.3, 0.4) is 0 Å². The van der Waals surface area contributed by atoms with E-state index in [9.17, 15) is 0 Å². The Morgan fingerprint density at radius 2 is 2.19 bits per heavy atom. The highest BCUT2D eigenvalue weighted by molar-refractivity contribution is 9.10. The van der Waals surface area contributed by atoms with Crippen molar-refractivity contribution in [2.75, 3.05) is 5.32 Å². The van der Waals surface area contributed by atoms with Crippen LogP contribution in [-0.2, 0) is 6.54 Å². The van der Waals surface area contributed by atoms with Gasteiger partial charge in [0.05, 0.1) is 4.47 Å². The molecule has 0 saturated heterocycles. The lowest BCUT2D eigenvalue weighted by molar-refractivity contribution is 1.07. The van der Waals surface area contributed by atoms with Gasteiger partial charge in [0.15, 0.2) is 0 Å². The van der Waals surface area contributed by atoms with E-state index in [2.05, 4.69) is 38.1 Å². The lowest BCUT2D eigenvalue weighted by atomic mass is 10.1. The normalized spacial score (nSPS) is 10.1. The van der Waals surface area contributed by atoms with Crippen LogP contribution in [0, 0.1) is 6.92 Å². The highest BCUT2D eigenvalue weighted by Crippen LogP contribution is 2.19. The van der Waals surface area contributed by atoms with Crippen LogP contribution < -0.4 is 5.32 Å². The summed E-state index contributed by atoms with van der Waals surface area (Å²) in [5.41, 5.74) is 2.41. The zero-order valence-electron chi connectivity index (χ0n) is 8.94. The molecule has 0 radical (unpaired) electrons. The van der Waals surface area contributed by atoms with Crippen LogP contribution in [0.2, 0.25) is 0 Å². The van der Waals surface area contributed by atoms with Crippen molar-refractivity contribution >= 4 is 21.7 Å². The first-order valence-electron chi connectivity index (χ1n) is 5.01. The molecule has 1 N–H and O–H groups in total. The Kier molecular flexibility index (Phi) is 3.51. The Bertz CT molecular complexity index is 440.